The molecule has 20 atom stereocenters. The van der Waals surface area contributed by atoms with E-state index in [4.69, 9.17) is 9.47 Å². The number of ether oxygens (including phenoxy) is 2. The number of carbonyl (C=O) groups is 4. The minimum absolute atomic E-state index is 0.00155. The number of phenolic OH excluding ortho intramolecular Hbond substituents is 2. The van der Waals surface area contributed by atoms with Gasteiger partial charge >= 0.3 is 0 Å². The Kier molecular flexibility index (Phi) is 27.5. The number of amides is 4. The number of hydrogen-bond acceptors (Lipinski definition) is 20. The first-order valence-electron chi connectivity index (χ1n) is 57.6. The SMILES string of the molecule is C=CCN1C2CCC3N(C(c4ccc(C(=O)NN5CCCC5)cc4)c4cccc(O)c4)C4CCC1C234.C=CCN1C2CCC3N(C(c4ccc(C(=O)NN5CCCCC5)cc4)c4cccc(O)c4)C4CCC1C234.C=CCN1C2CCC3N(C(c4ccc(C(=O)NN5CCCCC5)cc4)c4cccc(OC)c4)C4CCC1C234.C=CCN1C2CCC3N(C(c4ccc(C(=O)NN5CCCCCC5)cc4)c4cccc(OC)c4)C4CCC1C234. The Balaban J connectivity index is 0.000000104. The van der Waals surface area contributed by atoms with Crippen LogP contribution in [0, 0.1) is 21.7 Å². The average Bonchev–Trinajstić information content (AvgIpc) is 1.48. The minimum Gasteiger partial charge on any atom is -0.508 e. The second-order valence-electron chi connectivity index (χ2n) is 47.4. The van der Waals surface area contributed by atoms with Crippen molar-refractivity contribution >= 4 is 23.6 Å². The summed E-state index contributed by atoms with van der Waals surface area (Å²) in [6.45, 7) is 27.6. The van der Waals surface area contributed by atoms with Crippen molar-refractivity contribution in [1.29, 1.82) is 0 Å². The van der Waals surface area contributed by atoms with Gasteiger partial charge in [-0.05, 0) is 296 Å². The molecule has 0 aromatic heterocycles. The number of phenols is 2. The Bertz CT molecular complexity index is 6190. The molecule has 8 aromatic rings. The van der Waals surface area contributed by atoms with Crippen LogP contribution in [0.2, 0.25) is 0 Å². The van der Waals surface area contributed by atoms with E-state index < -0.39 is 0 Å². The van der Waals surface area contributed by atoms with Gasteiger partial charge in [-0.15, -0.1) is 26.3 Å². The highest BCUT2D eigenvalue weighted by Gasteiger charge is 2.85. The van der Waals surface area contributed by atoms with Crippen molar-refractivity contribution in [3.63, 3.8) is 0 Å². The zero-order valence-electron chi connectivity index (χ0n) is 88.2. The van der Waals surface area contributed by atoms with Crippen LogP contribution in [0.25, 0.3) is 0 Å². The molecule has 24 heteroatoms. The number of hydrogen-bond donors (Lipinski definition) is 6. The summed E-state index contributed by atoms with van der Waals surface area (Å²) in [4.78, 5) is 73.9. The quantitative estimate of drug-likeness (QED) is 0.0231. The summed E-state index contributed by atoms with van der Waals surface area (Å²) < 4.78 is 11.3. The zero-order chi connectivity index (χ0) is 102. The van der Waals surface area contributed by atoms with Crippen molar-refractivity contribution in [3.8, 4) is 23.0 Å². The maximum atomic E-state index is 13.1. The topological polar surface area (TPSA) is 214 Å². The number of nitrogens with zero attached hydrogens (tertiary/aromatic N) is 12. The fraction of sp³-hybridized carbons (Fsp3) is 0.524. The third kappa shape index (κ3) is 16.2. The summed E-state index contributed by atoms with van der Waals surface area (Å²) in [5, 5.41) is 29.0. The predicted molar refractivity (Wildman–Crippen MR) is 586 cm³/mol. The van der Waals surface area contributed by atoms with E-state index in [0.717, 1.165) is 164 Å². The molecule has 20 aliphatic rings. The molecular formula is C126H156N16O8. The first kappa shape index (κ1) is 99.9. The first-order chi connectivity index (χ1) is 73.6. The normalized spacial score (nSPS) is 33.3. The number of methoxy groups -OCH3 is 2. The number of hydrazine groups is 4. The summed E-state index contributed by atoms with van der Waals surface area (Å²) in [6.07, 6.45) is 42.7. The van der Waals surface area contributed by atoms with Gasteiger partial charge in [0, 0.05) is 219 Å². The molecule has 8 saturated carbocycles. The number of nitrogens with one attached hydrogen (secondary N) is 4. The monoisotopic (exact) mass is 2020 g/mol. The lowest BCUT2D eigenvalue weighted by atomic mass is 9.56. The number of carbonyl (C=O) groups excluding carboxylic acids is 4. The highest BCUT2D eigenvalue weighted by atomic mass is 16.5. The van der Waals surface area contributed by atoms with Crippen LogP contribution >= 0.6 is 0 Å². The minimum atomic E-state index is -0.0330. The molecular weight excluding hydrogens is 1870 g/mol. The molecule has 8 aromatic carbocycles. The number of rotatable bonds is 30. The largest absolute Gasteiger partial charge is 0.508 e. The number of aromatic hydroxyl groups is 2. The molecule has 8 aliphatic carbocycles. The van der Waals surface area contributed by atoms with Crippen LogP contribution in [-0.2, 0) is 0 Å². The van der Waals surface area contributed by atoms with E-state index in [1.54, 1.807) is 26.4 Å². The molecule has 20 unspecified atom stereocenters. The van der Waals surface area contributed by atoms with Gasteiger partial charge in [0.25, 0.3) is 23.6 Å². The molecule has 6 N–H and O–H groups in total. The lowest BCUT2D eigenvalue weighted by molar-refractivity contribution is -0.235. The summed E-state index contributed by atoms with van der Waals surface area (Å²) in [6, 6.07) is 76.9. The van der Waals surface area contributed by atoms with E-state index in [9.17, 15) is 29.4 Å². The molecule has 12 saturated heterocycles. The predicted octanol–water partition coefficient (Wildman–Crippen LogP) is 18.5. The molecule has 28 rings (SSSR count). The van der Waals surface area contributed by atoms with Crippen molar-refractivity contribution < 1.29 is 38.9 Å². The van der Waals surface area contributed by atoms with E-state index in [1.807, 2.05) is 89.9 Å². The molecule has 4 amide bonds. The fourth-order valence-electron chi connectivity index (χ4n) is 36.2. The summed E-state index contributed by atoms with van der Waals surface area (Å²) in [5.74, 6) is 2.35. The average molecular weight is 2020 g/mol. The van der Waals surface area contributed by atoms with Crippen LogP contribution in [0.15, 0.2) is 245 Å². The van der Waals surface area contributed by atoms with Crippen molar-refractivity contribution in [2.24, 2.45) is 21.7 Å². The maximum absolute atomic E-state index is 13.1. The van der Waals surface area contributed by atoms with Gasteiger partial charge in [-0.1, -0.05) is 147 Å². The Morgan fingerprint density at radius 2 is 0.467 bits per heavy atom. The van der Waals surface area contributed by atoms with Crippen LogP contribution in [-0.4, -0.2) is 283 Å². The van der Waals surface area contributed by atoms with Gasteiger partial charge in [0.2, 0.25) is 0 Å². The zero-order valence-corrected chi connectivity index (χ0v) is 88.2. The van der Waals surface area contributed by atoms with E-state index in [-0.39, 0.29) is 47.8 Å². The molecule has 0 radical (unpaired) electrons. The molecule has 788 valence electrons. The van der Waals surface area contributed by atoms with Gasteiger partial charge < -0.3 is 19.7 Å². The highest BCUT2D eigenvalue weighted by molar-refractivity contribution is 5.95. The van der Waals surface area contributed by atoms with Gasteiger partial charge in [0.05, 0.1) is 38.4 Å². The van der Waals surface area contributed by atoms with Crippen LogP contribution in [0.3, 0.4) is 0 Å². The molecule has 4 spiro atoms. The van der Waals surface area contributed by atoms with Crippen molar-refractivity contribution in [2.45, 2.75) is 301 Å². The molecule has 20 fully saturated rings. The Hall–Kier alpha value is -10.7. The lowest BCUT2D eigenvalue weighted by Gasteiger charge is -2.72. The Morgan fingerprint density at radius 3 is 0.673 bits per heavy atom. The second kappa shape index (κ2) is 41.3. The van der Waals surface area contributed by atoms with Crippen molar-refractivity contribution in [2.75, 3.05) is 92.8 Å². The van der Waals surface area contributed by atoms with Crippen LogP contribution in [0.4, 0.5) is 0 Å². The third-order valence-corrected chi connectivity index (χ3v) is 41.2. The van der Waals surface area contributed by atoms with Crippen LogP contribution in [0.1, 0.15) is 290 Å². The van der Waals surface area contributed by atoms with E-state index in [0.29, 0.717) is 141 Å². The maximum Gasteiger partial charge on any atom is 0.265 e. The number of piperidine rings is 2. The molecule has 0 bridgehead atoms. The van der Waals surface area contributed by atoms with Crippen LogP contribution < -0.4 is 31.2 Å². The highest BCUT2D eigenvalue weighted by Crippen LogP contribution is 2.77. The molecule has 12 aliphatic heterocycles. The van der Waals surface area contributed by atoms with Gasteiger partial charge in [-0.25, -0.2) is 20.0 Å². The molecule has 24 nitrogen and oxygen atoms in total. The summed E-state index contributed by atoms with van der Waals surface area (Å²) in [5.41, 5.74) is 26.8. The molecule has 12 heterocycles. The second-order valence-corrected chi connectivity index (χ2v) is 47.4. The number of benzene rings is 8. The van der Waals surface area contributed by atoms with Crippen LogP contribution in [0.5, 0.6) is 23.0 Å². The Labute approximate surface area is 887 Å². The summed E-state index contributed by atoms with van der Waals surface area (Å²) >= 11 is 0. The van der Waals surface area contributed by atoms with Gasteiger partial charge in [-0.3, -0.25) is 80.1 Å². The van der Waals surface area contributed by atoms with E-state index in [1.165, 1.54) is 162 Å². The smallest absolute Gasteiger partial charge is 0.265 e. The van der Waals surface area contributed by atoms with Crippen molar-refractivity contribution in [3.05, 3.63) is 312 Å². The number of likely N-dealkylation sites (tertiary alicyclic amines) is 8. The summed E-state index contributed by atoms with van der Waals surface area (Å²) in [7, 11) is 3.49. The molecule has 150 heavy (non-hydrogen) atoms. The van der Waals surface area contributed by atoms with E-state index >= 15 is 0 Å². The van der Waals surface area contributed by atoms with E-state index in [2.05, 4.69) is 224 Å². The third-order valence-electron chi connectivity index (χ3n) is 41.2. The van der Waals surface area contributed by atoms with Gasteiger partial charge in [-0.2, -0.15) is 0 Å². The van der Waals surface area contributed by atoms with Gasteiger partial charge in [0.15, 0.2) is 0 Å². The Morgan fingerprint density at radius 1 is 0.273 bits per heavy atom. The standard InChI is InChI=1S/C33H42N4O2.C32H40N4O2.C31H38N4O2.C30H36N4O2/c1-3-19-36-27-15-17-29-33(27)28(36)16-18-30(33)37(29)31(25-9-8-10-26(22-25)39-2)23-11-13-24(14-12-23)32(38)34-35-20-6-4-5-7-21-35;1-3-18-35-26-14-16-28-32(26)27(35)15-17-29(32)36(28)30(24-8-7-9-25(21-24)38-2)22-10-12-23(13-11-22)31(37)33-34-19-5-4-6-20-34;1-2-17-34-25-13-15-27-31(25)26(34)14-16-28(31)35(27)29(23-7-6-8-24(36)20-23)21-9-11-22(12-10-21)30(37)32-33-18-4-3-5-19-33;1-2-16-33-24-12-14-26-30(24)25(33)13-15-27(30)34(26)28(22-6-5-7-23(35)19-22)20-8-10-21(11-9-20)29(36)31-32-17-3-4-18-32/h3,8-14,22,27-31H,1,4-7,15-21H2,2H3,(H,34,38);3,7-13,21,26-30H,1,4-6,14-20H2,2H3,(H,33,37);2,6-12,20,25-29,36H,1,3-5,13-19H2,(H,32,37);2,5-11,19,24-28,35H,1,3-4,12-18H2,(H,31,36). The van der Waals surface area contributed by atoms with Crippen molar-refractivity contribution in [1.82, 2.24) is 80.9 Å². The first-order valence-corrected chi connectivity index (χ1v) is 57.6. The van der Waals surface area contributed by atoms with Gasteiger partial charge in [0.1, 0.15) is 23.0 Å². The lowest BCUT2D eigenvalue weighted by Crippen LogP contribution is -2.83. The fourth-order valence-corrected chi connectivity index (χ4v) is 36.2.